The van der Waals surface area contributed by atoms with Crippen LogP contribution >= 0.6 is 10.7 Å². The van der Waals surface area contributed by atoms with Crippen LogP contribution in [-0.4, -0.2) is 26.1 Å². The van der Waals surface area contributed by atoms with Crippen molar-refractivity contribution >= 4 is 36.8 Å². The van der Waals surface area contributed by atoms with Gasteiger partial charge >= 0.3 is 0 Å². The number of hydrogen-bond acceptors (Lipinski definition) is 1. The van der Waals surface area contributed by atoms with Crippen LogP contribution in [-0.2, 0) is 0 Å². The van der Waals surface area contributed by atoms with Gasteiger partial charge in [-0.3, -0.25) is 0 Å². The second kappa shape index (κ2) is 8.32. The summed E-state index contributed by atoms with van der Waals surface area (Å²) >= 11 is 0. The predicted octanol–water partition coefficient (Wildman–Crippen LogP) is 3.74. The van der Waals surface area contributed by atoms with Crippen molar-refractivity contribution < 1.29 is 0 Å². The SMILES string of the molecule is CC[Si](CC)(CC)CCC[Si]S[Si]. The minimum absolute atomic E-state index is 0.788. The van der Waals surface area contributed by atoms with E-state index in [1.165, 1.54) is 30.6 Å². The van der Waals surface area contributed by atoms with Crippen LogP contribution in [0, 0.1) is 0 Å². The van der Waals surface area contributed by atoms with E-state index in [0.29, 0.717) is 0 Å². The molecule has 0 saturated carbocycles. The lowest BCUT2D eigenvalue weighted by Crippen LogP contribution is -2.30. The first-order chi connectivity index (χ1) is 6.24. The summed E-state index contributed by atoms with van der Waals surface area (Å²) in [5.74, 6) is 0. The molecule has 0 N–H and O–H groups in total. The highest BCUT2D eigenvalue weighted by Crippen LogP contribution is 2.27. The van der Waals surface area contributed by atoms with Crippen molar-refractivity contribution in [2.45, 2.75) is 57.4 Å². The normalized spacial score (nSPS) is 12.0. The molecule has 75 valence electrons. The van der Waals surface area contributed by atoms with Crippen LogP contribution in [0.4, 0.5) is 0 Å². The fraction of sp³-hybridized carbons (Fsp3) is 1.00. The maximum Gasteiger partial charge on any atom is 0.113 e. The van der Waals surface area contributed by atoms with Crippen LogP contribution < -0.4 is 0 Å². The first-order valence-corrected chi connectivity index (χ1v) is 12.1. The zero-order valence-corrected chi connectivity index (χ0v) is 13.0. The molecule has 0 rings (SSSR count). The zero-order chi connectivity index (χ0) is 10.2. The minimum atomic E-state index is -0.788. The molecule has 0 atom stereocenters. The molecule has 0 nitrogen and oxygen atoms in total. The Labute approximate surface area is 94.2 Å². The number of rotatable bonds is 8. The summed E-state index contributed by atoms with van der Waals surface area (Å²) in [4.78, 5) is 0. The summed E-state index contributed by atoms with van der Waals surface area (Å²) in [6.45, 7) is 7.21. The molecular formula is C9H21SSi3. The van der Waals surface area contributed by atoms with Gasteiger partial charge in [0.05, 0.1) is 8.07 Å². The lowest BCUT2D eigenvalue weighted by molar-refractivity contribution is 0.987. The topological polar surface area (TPSA) is 0 Å². The Hall–Kier alpha value is 1.00. The maximum atomic E-state index is 3.47. The van der Waals surface area contributed by atoms with Crippen molar-refractivity contribution in [3.8, 4) is 0 Å². The molecule has 4 heteroatoms. The first-order valence-electron chi connectivity index (χ1n) is 5.30. The molecule has 0 fully saturated rings. The van der Waals surface area contributed by atoms with E-state index < -0.39 is 8.07 Å². The van der Waals surface area contributed by atoms with Crippen LogP contribution in [0.1, 0.15) is 27.2 Å². The largest absolute Gasteiger partial charge is 0.217 e. The van der Waals surface area contributed by atoms with Gasteiger partial charge in [0.15, 0.2) is 0 Å². The summed E-state index contributed by atoms with van der Waals surface area (Å²) in [5.41, 5.74) is 0. The van der Waals surface area contributed by atoms with E-state index in [1.807, 2.05) is 10.7 Å². The van der Waals surface area contributed by atoms with Gasteiger partial charge in [-0.15, -0.1) is 0 Å². The fourth-order valence-corrected chi connectivity index (χ4v) is 7.79. The van der Waals surface area contributed by atoms with E-state index in [4.69, 9.17) is 0 Å². The lowest BCUT2D eigenvalue weighted by atomic mass is 10.6. The van der Waals surface area contributed by atoms with E-state index in [-0.39, 0.29) is 0 Å². The lowest BCUT2D eigenvalue weighted by Gasteiger charge is -2.27. The van der Waals surface area contributed by atoms with Gasteiger partial charge < -0.3 is 0 Å². The van der Waals surface area contributed by atoms with Crippen LogP contribution in [0.2, 0.25) is 30.2 Å². The van der Waals surface area contributed by atoms with Crippen molar-refractivity contribution in [1.29, 1.82) is 0 Å². The Bertz CT molecular complexity index is 107. The predicted molar refractivity (Wildman–Crippen MR) is 70.5 cm³/mol. The van der Waals surface area contributed by atoms with E-state index >= 15 is 0 Å². The van der Waals surface area contributed by atoms with Gasteiger partial charge in [-0.2, -0.15) is 0 Å². The van der Waals surface area contributed by atoms with E-state index in [0.717, 1.165) is 8.67 Å². The standard InChI is InChI=1S/C9H21SSi3/c1-4-13(5-2,6-3)9-7-8-12-10-11/h4-9H2,1-3H3. The Morgan fingerprint density at radius 2 is 1.69 bits per heavy atom. The van der Waals surface area contributed by atoms with Crippen molar-refractivity contribution in [2.75, 3.05) is 0 Å². The zero-order valence-electron chi connectivity index (χ0n) is 9.15. The van der Waals surface area contributed by atoms with E-state index in [2.05, 4.69) is 30.2 Å². The third-order valence-electron chi connectivity index (χ3n) is 3.31. The molecule has 0 saturated heterocycles. The molecule has 0 aliphatic rings. The second-order valence-electron chi connectivity index (χ2n) is 3.66. The molecule has 0 aromatic carbocycles. The summed E-state index contributed by atoms with van der Waals surface area (Å²) in [6, 6.07) is 7.46. The molecule has 0 aliphatic heterocycles. The molecule has 0 aliphatic carbocycles. The molecule has 0 unspecified atom stereocenters. The van der Waals surface area contributed by atoms with Crippen molar-refractivity contribution in [2.24, 2.45) is 0 Å². The monoisotopic (exact) mass is 245 g/mol. The van der Waals surface area contributed by atoms with Crippen molar-refractivity contribution in [3.63, 3.8) is 0 Å². The molecule has 0 amide bonds. The molecule has 0 heterocycles. The van der Waals surface area contributed by atoms with E-state index in [1.54, 1.807) is 6.04 Å². The van der Waals surface area contributed by atoms with Gasteiger partial charge in [-0.1, -0.05) is 57.4 Å². The summed E-state index contributed by atoms with van der Waals surface area (Å²) < 4.78 is 0. The quantitative estimate of drug-likeness (QED) is 0.464. The Morgan fingerprint density at radius 1 is 1.15 bits per heavy atom. The van der Waals surface area contributed by atoms with Crippen molar-refractivity contribution in [1.82, 2.24) is 0 Å². The summed E-state index contributed by atoms with van der Waals surface area (Å²) in [5, 5.41) is 0. The Balaban J connectivity index is 3.68. The second-order valence-corrected chi connectivity index (χ2v) is 13.6. The smallest absolute Gasteiger partial charge is 0.113 e. The van der Waals surface area contributed by atoms with E-state index in [9.17, 15) is 0 Å². The van der Waals surface area contributed by atoms with Crippen LogP contribution in [0.25, 0.3) is 0 Å². The van der Waals surface area contributed by atoms with Gasteiger partial charge in [-0.05, 0) is 0 Å². The highest BCUT2D eigenvalue weighted by Gasteiger charge is 2.25. The fourth-order valence-electron chi connectivity index (χ4n) is 1.87. The molecule has 0 aromatic heterocycles. The highest BCUT2D eigenvalue weighted by atomic mass is 32.5. The minimum Gasteiger partial charge on any atom is -0.217 e. The van der Waals surface area contributed by atoms with Crippen molar-refractivity contribution in [3.05, 3.63) is 0 Å². The van der Waals surface area contributed by atoms with Gasteiger partial charge in [0.1, 0.15) is 18.1 Å². The average Bonchev–Trinajstić information content (AvgIpc) is 2.20. The van der Waals surface area contributed by atoms with Gasteiger partial charge in [-0.25, -0.2) is 10.7 Å². The average molecular weight is 246 g/mol. The van der Waals surface area contributed by atoms with Crippen LogP contribution in [0.5, 0.6) is 0 Å². The molecule has 5 radical (unpaired) electrons. The highest BCUT2D eigenvalue weighted by molar-refractivity contribution is 8.38. The molecule has 0 spiro atoms. The molecule has 0 aromatic rings. The Kier molecular flexibility index (Phi) is 8.96. The molecule has 13 heavy (non-hydrogen) atoms. The first kappa shape index (κ1) is 14.0. The molecule has 0 bridgehead atoms. The van der Waals surface area contributed by atoms with Crippen LogP contribution in [0.15, 0.2) is 0 Å². The Morgan fingerprint density at radius 3 is 2.08 bits per heavy atom. The van der Waals surface area contributed by atoms with Gasteiger partial charge in [0, 0.05) is 0 Å². The summed E-state index contributed by atoms with van der Waals surface area (Å²) in [6.07, 6.45) is 1.47. The maximum absolute atomic E-state index is 3.47. The third-order valence-corrected chi connectivity index (χ3v) is 12.3. The molecular weight excluding hydrogens is 224 g/mol. The van der Waals surface area contributed by atoms with Gasteiger partial charge in [0.2, 0.25) is 0 Å². The van der Waals surface area contributed by atoms with Gasteiger partial charge in [0.25, 0.3) is 0 Å². The number of hydrogen-bond donors (Lipinski definition) is 0. The summed E-state index contributed by atoms with van der Waals surface area (Å²) in [7, 11) is 5.56. The van der Waals surface area contributed by atoms with Crippen LogP contribution in [0.3, 0.4) is 0 Å². The third kappa shape index (κ3) is 5.44.